The summed E-state index contributed by atoms with van der Waals surface area (Å²) >= 11 is 5.90. The lowest BCUT2D eigenvalue weighted by molar-refractivity contribution is 0.528. The first-order valence-corrected chi connectivity index (χ1v) is 5.07. The Morgan fingerprint density at radius 1 is 1.18 bits per heavy atom. The van der Waals surface area contributed by atoms with E-state index >= 15 is 0 Å². The van der Waals surface area contributed by atoms with Crippen LogP contribution in [0.2, 0.25) is 5.02 Å². The Morgan fingerprint density at radius 2 is 2.06 bits per heavy atom. The van der Waals surface area contributed by atoms with Gasteiger partial charge in [-0.25, -0.2) is 0 Å². The van der Waals surface area contributed by atoms with Gasteiger partial charge in [0.15, 0.2) is 5.58 Å². The predicted molar refractivity (Wildman–Crippen MR) is 59.1 cm³/mol. The average molecular weight is 252 g/mol. The third kappa shape index (κ3) is 1.80. The van der Waals surface area contributed by atoms with Crippen molar-refractivity contribution in [2.75, 3.05) is 5.32 Å². The molecule has 0 aliphatic heterocycles. The van der Waals surface area contributed by atoms with Gasteiger partial charge in [0.25, 0.3) is 0 Å². The number of rotatable bonds is 2. The van der Waals surface area contributed by atoms with E-state index in [1.807, 2.05) is 0 Å². The van der Waals surface area contributed by atoms with E-state index in [-0.39, 0.29) is 12.0 Å². The Hall–Kier alpha value is -2.15. The molecule has 3 heterocycles. The number of nitrogens with one attached hydrogen (secondary N) is 1. The molecule has 17 heavy (non-hydrogen) atoms. The Bertz CT molecular complexity index is 677. The summed E-state index contributed by atoms with van der Waals surface area (Å²) in [7, 11) is 0. The van der Waals surface area contributed by atoms with Crippen LogP contribution >= 0.6 is 11.6 Å². The highest BCUT2D eigenvalue weighted by atomic mass is 35.5. The molecule has 7 nitrogen and oxygen atoms in total. The van der Waals surface area contributed by atoms with Crippen molar-refractivity contribution in [3.05, 3.63) is 23.3 Å². The third-order valence-electron chi connectivity index (χ3n) is 1.99. The maximum absolute atomic E-state index is 5.90. The van der Waals surface area contributed by atoms with Gasteiger partial charge in [-0.15, -0.1) is 5.10 Å². The monoisotopic (exact) mass is 251 g/mol. The van der Waals surface area contributed by atoms with Crippen molar-refractivity contribution in [2.45, 2.75) is 6.92 Å². The topological polar surface area (TPSA) is 89.9 Å². The van der Waals surface area contributed by atoms with Crippen molar-refractivity contribution in [1.82, 2.24) is 20.2 Å². The SMILES string of the molecule is Cc1nnc(Nc2nc3cncc(Cl)c3o2)o1. The Morgan fingerprint density at radius 3 is 2.76 bits per heavy atom. The van der Waals surface area contributed by atoms with Crippen LogP contribution < -0.4 is 5.32 Å². The summed E-state index contributed by atoms with van der Waals surface area (Å²) < 4.78 is 10.5. The average Bonchev–Trinajstić information content (AvgIpc) is 2.86. The minimum Gasteiger partial charge on any atom is -0.421 e. The number of aromatic nitrogens is 4. The highest BCUT2D eigenvalue weighted by Crippen LogP contribution is 2.26. The summed E-state index contributed by atoms with van der Waals surface area (Å²) in [5, 5.41) is 10.6. The van der Waals surface area contributed by atoms with Gasteiger partial charge >= 0.3 is 12.0 Å². The van der Waals surface area contributed by atoms with Crippen molar-refractivity contribution < 1.29 is 8.83 Å². The summed E-state index contributed by atoms with van der Waals surface area (Å²) in [5.41, 5.74) is 1.01. The summed E-state index contributed by atoms with van der Waals surface area (Å²) in [4.78, 5) is 8.03. The Labute approximate surface area is 99.8 Å². The Kier molecular flexibility index (Phi) is 2.19. The summed E-state index contributed by atoms with van der Waals surface area (Å²) in [6.45, 7) is 1.69. The zero-order chi connectivity index (χ0) is 11.8. The molecular weight excluding hydrogens is 246 g/mol. The molecule has 0 saturated heterocycles. The van der Waals surface area contributed by atoms with E-state index in [1.165, 1.54) is 6.20 Å². The normalized spacial score (nSPS) is 10.9. The highest BCUT2D eigenvalue weighted by molar-refractivity contribution is 6.34. The van der Waals surface area contributed by atoms with E-state index in [0.717, 1.165) is 0 Å². The second-order valence-electron chi connectivity index (χ2n) is 3.24. The summed E-state index contributed by atoms with van der Waals surface area (Å²) in [5.74, 6) is 0.448. The van der Waals surface area contributed by atoms with Gasteiger partial charge in [0.05, 0.1) is 6.20 Å². The van der Waals surface area contributed by atoms with Gasteiger partial charge in [0.2, 0.25) is 5.89 Å². The number of hydrogen-bond donors (Lipinski definition) is 1. The molecule has 3 aromatic heterocycles. The van der Waals surface area contributed by atoms with Gasteiger partial charge in [0, 0.05) is 13.1 Å². The number of nitrogens with zero attached hydrogens (tertiary/aromatic N) is 4. The van der Waals surface area contributed by atoms with Crippen LogP contribution in [0.3, 0.4) is 0 Å². The second kappa shape index (κ2) is 3.70. The van der Waals surface area contributed by atoms with Crippen molar-refractivity contribution >= 4 is 34.7 Å². The van der Waals surface area contributed by atoms with Gasteiger partial charge in [-0.05, 0) is 0 Å². The van der Waals surface area contributed by atoms with Crippen LogP contribution in [-0.4, -0.2) is 20.2 Å². The van der Waals surface area contributed by atoms with Crippen LogP contribution in [-0.2, 0) is 0 Å². The maximum atomic E-state index is 5.90. The predicted octanol–water partition coefficient (Wildman–Crippen LogP) is 2.31. The molecule has 86 valence electrons. The molecule has 8 heteroatoms. The van der Waals surface area contributed by atoms with Crippen molar-refractivity contribution in [2.24, 2.45) is 0 Å². The molecule has 0 spiro atoms. The number of oxazole rings is 1. The summed E-state index contributed by atoms with van der Waals surface area (Å²) in [6, 6.07) is 0.427. The van der Waals surface area contributed by atoms with Gasteiger partial charge in [-0.1, -0.05) is 16.7 Å². The standard InChI is InChI=1S/C9H6ClN5O2/c1-4-14-15-9(16-4)13-8-12-6-3-11-2-5(10)7(6)17-8/h2-3H,1H3,(H,12,13,15). The first kappa shape index (κ1) is 10.0. The molecule has 0 bridgehead atoms. The molecule has 0 amide bonds. The van der Waals surface area contributed by atoms with Gasteiger partial charge < -0.3 is 8.83 Å². The molecule has 0 saturated carbocycles. The molecule has 3 aromatic rings. The van der Waals surface area contributed by atoms with E-state index < -0.39 is 0 Å². The smallest absolute Gasteiger partial charge is 0.323 e. The number of fused-ring (bicyclic) bond motifs is 1. The van der Waals surface area contributed by atoms with Crippen LogP contribution in [0.1, 0.15) is 5.89 Å². The quantitative estimate of drug-likeness (QED) is 0.747. The Balaban J connectivity index is 1.98. The van der Waals surface area contributed by atoms with Crippen molar-refractivity contribution in [1.29, 1.82) is 0 Å². The highest BCUT2D eigenvalue weighted by Gasteiger charge is 2.11. The molecule has 0 atom stereocenters. The minimum absolute atomic E-state index is 0.207. The number of hydrogen-bond acceptors (Lipinski definition) is 7. The van der Waals surface area contributed by atoms with Crippen LogP contribution in [0.25, 0.3) is 11.1 Å². The third-order valence-corrected chi connectivity index (χ3v) is 2.26. The fourth-order valence-corrected chi connectivity index (χ4v) is 1.51. The second-order valence-corrected chi connectivity index (χ2v) is 3.65. The fraction of sp³-hybridized carbons (Fsp3) is 0.111. The lowest BCUT2D eigenvalue weighted by Crippen LogP contribution is -1.89. The largest absolute Gasteiger partial charge is 0.421 e. The number of anilines is 2. The molecule has 0 aromatic carbocycles. The maximum Gasteiger partial charge on any atom is 0.323 e. The van der Waals surface area contributed by atoms with Crippen LogP contribution in [0.5, 0.6) is 0 Å². The van der Waals surface area contributed by atoms with E-state index in [4.69, 9.17) is 20.4 Å². The number of pyridine rings is 1. The fourth-order valence-electron chi connectivity index (χ4n) is 1.31. The lowest BCUT2D eigenvalue weighted by Gasteiger charge is -1.91. The molecule has 0 radical (unpaired) electrons. The number of aryl methyl sites for hydroxylation is 1. The van der Waals surface area contributed by atoms with E-state index in [2.05, 4.69) is 25.5 Å². The summed E-state index contributed by atoms with van der Waals surface area (Å²) in [6.07, 6.45) is 3.03. The number of halogens is 1. The zero-order valence-corrected chi connectivity index (χ0v) is 9.39. The molecule has 0 unspecified atom stereocenters. The molecule has 1 N–H and O–H groups in total. The van der Waals surface area contributed by atoms with Crippen LogP contribution in [0, 0.1) is 6.92 Å². The van der Waals surface area contributed by atoms with Crippen molar-refractivity contribution in [3.8, 4) is 0 Å². The lowest BCUT2D eigenvalue weighted by atomic mass is 10.4. The van der Waals surface area contributed by atoms with E-state index in [0.29, 0.717) is 22.0 Å². The first-order chi connectivity index (χ1) is 8.22. The van der Waals surface area contributed by atoms with Gasteiger partial charge in [-0.3, -0.25) is 10.3 Å². The van der Waals surface area contributed by atoms with Crippen LogP contribution in [0.4, 0.5) is 12.0 Å². The molecule has 0 aliphatic rings. The zero-order valence-electron chi connectivity index (χ0n) is 8.64. The van der Waals surface area contributed by atoms with E-state index in [1.54, 1.807) is 13.1 Å². The molecular formula is C9H6ClN5O2. The molecule has 0 aliphatic carbocycles. The minimum atomic E-state index is 0.207. The molecule has 3 rings (SSSR count). The molecule has 0 fully saturated rings. The van der Waals surface area contributed by atoms with Crippen LogP contribution in [0.15, 0.2) is 21.2 Å². The first-order valence-electron chi connectivity index (χ1n) is 4.69. The van der Waals surface area contributed by atoms with E-state index in [9.17, 15) is 0 Å². The van der Waals surface area contributed by atoms with Gasteiger partial charge in [-0.2, -0.15) is 4.98 Å². The van der Waals surface area contributed by atoms with Crippen molar-refractivity contribution in [3.63, 3.8) is 0 Å². The van der Waals surface area contributed by atoms with Gasteiger partial charge in [0.1, 0.15) is 10.5 Å².